The molecule has 0 saturated heterocycles. The zero-order valence-electron chi connectivity index (χ0n) is 15.6. The van der Waals surface area contributed by atoms with Crippen LogP contribution in [0.25, 0.3) is 28.1 Å². The highest BCUT2D eigenvalue weighted by molar-refractivity contribution is 6.33. The van der Waals surface area contributed by atoms with Gasteiger partial charge >= 0.3 is 5.69 Å². The van der Waals surface area contributed by atoms with Gasteiger partial charge in [0, 0.05) is 18.1 Å². The Morgan fingerprint density at radius 3 is 2.66 bits per heavy atom. The van der Waals surface area contributed by atoms with Gasteiger partial charge in [-0.1, -0.05) is 23.2 Å². The third-order valence-electron chi connectivity index (χ3n) is 5.62. The Labute approximate surface area is 175 Å². The van der Waals surface area contributed by atoms with Crippen LogP contribution in [0.1, 0.15) is 31.7 Å². The molecule has 5 rings (SSSR count). The normalized spacial score (nSPS) is 20.0. The molecule has 8 nitrogen and oxygen atoms in total. The Hall–Kier alpha value is -2.42. The monoisotopic (exact) mass is 432 g/mol. The van der Waals surface area contributed by atoms with Crippen molar-refractivity contribution in [2.75, 3.05) is 0 Å². The third kappa shape index (κ3) is 2.94. The number of benzene rings is 1. The summed E-state index contributed by atoms with van der Waals surface area (Å²) in [5, 5.41) is 10.6. The molecule has 0 bridgehead atoms. The molecule has 0 atom stereocenters. The molecule has 1 N–H and O–H groups in total. The fraction of sp³-hybridized carbons (Fsp3) is 0.368. The Morgan fingerprint density at radius 1 is 1.14 bits per heavy atom. The molecule has 0 radical (unpaired) electrons. The molecular weight excluding hydrogens is 415 g/mol. The highest BCUT2D eigenvalue weighted by atomic mass is 35.5. The molecule has 0 spiro atoms. The molecule has 1 aliphatic rings. The molecular formula is C19H18Cl2N6O2. The van der Waals surface area contributed by atoms with Gasteiger partial charge in [0.25, 0.3) is 0 Å². The molecule has 10 heteroatoms. The second kappa shape index (κ2) is 6.83. The van der Waals surface area contributed by atoms with Crippen LogP contribution < -0.4 is 5.69 Å². The van der Waals surface area contributed by atoms with Crippen LogP contribution in [0.5, 0.6) is 0 Å². The minimum atomic E-state index is -0.312. The van der Waals surface area contributed by atoms with E-state index in [4.69, 9.17) is 28.2 Å². The molecule has 3 aromatic heterocycles. The summed E-state index contributed by atoms with van der Waals surface area (Å²) in [5.41, 5.74) is 2.29. The average Bonchev–Trinajstić information content (AvgIpc) is 3.22. The van der Waals surface area contributed by atoms with Crippen LogP contribution in [-0.2, 0) is 7.05 Å². The van der Waals surface area contributed by atoms with Gasteiger partial charge in [0.2, 0.25) is 5.95 Å². The van der Waals surface area contributed by atoms with Gasteiger partial charge in [0.1, 0.15) is 11.8 Å². The fourth-order valence-electron chi connectivity index (χ4n) is 4.10. The van der Waals surface area contributed by atoms with E-state index < -0.39 is 0 Å². The second-order valence-electron chi connectivity index (χ2n) is 7.41. The quantitative estimate of drug-likeness (QED) is 0.490. The lowest BCUT2D eigenvalue weighted by atomic mass is 9.93. The van der Waals surface area contributed by atoms with E-state index in [1.54, 1.807) is 34.6 Å². The molecule has 0 aliphatic heterocycles. The van der Waals surface area contributed by atoms with Gasteiger partial charge in [-0.2, -0.15) is 9.97 Å². The fourth-order valence-corrected chi connectivity index (χ4v) is 4.56. The summed E-state index contributed by atoms with van der Waals surface area (Å²) in [6.07, 6.45) is 4.03. The Bertz CT molecular complexity index is 1300. The standard InChI is InChI=1S/C19H18Cl2N6O2/c1-25-15-16(21)23-18(26-9-22-13-7-2-10(20)8-14(13)26)24-17(15)27(19(25)29)11-3-5-12(28)6-4-11/h2,7-9,11-12,28H,3-6H2,1H3/t11-,12-. The Kier molecular flexibility index (Phi) is 4.38. The van der Waals surface area contributed by atoms with E-state index in [2.05, 4.69) is 9.97 Å². The van der Waals surface area contributed by atoms with E-state index in [-0.39, 0.29) is 23.0 Å². The van der Waals surface area contributed by atoms with Crippen LogP contribution in [0.3, 0.4) is 0 Å². The van der Waals surface area contributed by atoms with Crippen molar-refractivity contribution in [3.8, 4) is 5.95 Å². The lowest BCUT2D eigenvalue weighted by Gasteiger charge is -2.26. The topological polar surface area (TPSA) is 90.8 Å². The highest BCUT2D eigenvalue weighted by Crippen LogP contribution is 2.31. The molecule has 0 unspecified atom stereocenters. The van der Waals surface area contributed by atoms with E-state index in [1.807, 2.05) is 6.07 Å². The first kappa shape index (κ1) is 18.6. The molecule has 150 valence electrons. The number of aryl methyl sites for hydroxylation is 1. The number of halogens is 2. The number of nitrogens with zero attached hydrogens (tertiary/aromatic N) is 6. The van der Waals surface area contributed by atoms with Crippen molar-refractivity contribution in [1.29, 1.82) is 0 Å². The molecule has 29 heavy (non-hydrogen) atoms. The number of hydrogen-bond donors (Lipinski definition) is 1. The average molecular weight is 433 g/mol. The summed E-state index contributed by atoms with van der Waals surface area (Å²) in [6, 6.07) is 5.33. The summed E-state index contributed by atoms with van der Waals surface area (Å²) in [6.45, 7) is 0. The van der Waals surface area contributed by atoms with Crippen LogP contribution >= 0.6 is 23.2 Å². The second-order valence-corrected chi connectivity index (χ2v) is 8.20. The maximum absolute atomic E-state index is 13.0. The molecule has 4 aromatic rings. The van der Waals surface area contributed by atoms with E-state index in [0.29, 0.717) is 47.8 Å². The summed E-state index contributed by atoms with van der Waals surface area (Å²) in [5.74, 6) is 0.322. The lowest BCUT2D eigenvalue weighted by Crippen LogP contribution is -2.30. The number of hydrogen-bond acceptors (Lipinski definition) is 5. The first-order valence-electron chi connectivity index (χ1n) is 9.39. The van der Waals surface area contributed by atoms with Gasteiger partial charge in [0.15, 0.2) is 10.8 Å². The van der Waals surface area contributed by atoms with Crippen LogP contribution in [0, 0.1) is 0 Å². The van der Waals surface area contributed by atoms with Gasteiger partial charge in [-0.25, -0.2) is 9.78 Å². The first-order valence-corrected chi connectivity index (χ1v) is 10.1. The summed E-state index contributed by atoms with van der Waals surface area (Å²) >= 11 is 12.6. The molecule has 1 fully saturated rings. The maximum Gasteiger partial charge on any atom is 0.330 e. The number of rotatable bonds is 2. The summed E-state index contributed by atoms with van der Waals surface area (Å²) in [4.78, 5) is 26.5. The van der Waals surface area contributed by atoms with Crippen molar-refractivity contribution in [3.63, 3.8) is 0 Å². The molecule has 3 heterocycles. The zero-order valence-corrected chi connectivity index (χ0v) is 17.1. The van der Waals surface area contributed by atoms with Crippen LogP contribution in [0.4, 0.5) is 0 Å². The minimum absolute atomic E-state index is 0.0395. The van der Waals surface area contributed by atoms with Crippen molar-refractivity contribution >= 4 is 45.4 Å². The third-order valence-corrected chi connectivity index (χ3v) is 6.12. The van der Waals surface area contributed by atoms with Crippen molar-refractivity contribution in [1.82, 2.24) is 28.7 Å². The van der Waals surface area contributed by atoms with E-state index in [1.165, 1.54) is 4.57 Å². The van der Waals surface area contributed by atoms with E-state index in [0.717, 1.165) is 11.0 Å². The smallest absolute Gasteiger partial charge is 0.330 e. The van der Waals surface area contributed by atoms with Crippen molar-refractivity contribution in [2.24, 2.45) is 7.05 Å². The van der Waals surface area contributed by atoms with Gasteiger partial charge in [-0.05, 0) is 43.9 Å². The van der Waals surface area contributed by atoms with Gasteiger partial charge < -0.3 is 5.11 Å². The first-order chi connectivity index (χ1) is 13.9. The largest absolute Gasteiger partial charge is 0.393 e. The predicted molar refractivity (Wildman–Crippen MR) is 111 cm³/mol. The molecule has 0 amide bonds. The lowest BCUT2D eigenvalue weighted by molar-refractivity contribution is 0.110. The van der Waals surface area contributed by atoms with Crippen LogP contribution in [0.2, 0.25) is 10.2 Å². The van der Waals surface area contributed by atoms with Gasteiger partial charge in [-0.3, -0.25) is 13.7 Å². The predicted octanol–water partition coefficient (Wildman–Crippen LogP) is 3.25. The molecule has 1 aromatic carbocycles. The number of aliphatic hydroxyl groups is 1. The Morgan fingerprint density at radius 2 is 1.90 bits per heavy atom. The summed E-state index contributed by atoms with van der Waals surface area (Å²) in [7, 11) is 1.67. The zero-order chi connectivity index (χ0) is 20.3. The SMILES string of the molecule is Cn1c(=O)n([C@H]2CC[C@H](O)CC2)c2nc(-n3cnc4ccc(Cl)cc43)nc(Cl)c21. The van der Waals surface area contributed by atoms with E-state index >= 15 is 0 Å². The van der Waals surface area contributed by atoms with E-state index in [9.17, 15) is 9.90 Å². The highest BCUT2D eigenvalue weighted by Gasteiger charge is 2.27. The number of aliphatic hydroxyl groups excluding tert-OH is 1. The Balaban J connectivity index is 1.74. The minimum Gasteiger partial charge on any atom is -0.393 e. The van der Waals surface area contributed by atoms with Crippen LogP contribution in [0.15, 0.2) is 29.3 Å². The van der Waals surface area contributed by atoms with Crippen molar-refractivity contribution < 1.29 is 5.11 Å². The van der Waals surface area contributed by atoms with Gasteiger partial charge in [0.05, 0.1) is 17.1 Å². The summed E-state index contributed by atoms with van der Waals surface area (Å²) < 4.78 is 4.87. The maximum atomic E-state index is 13.0. The number of aromatic nitrogens is 6. The molecule has 1 aliphatic carbocycles. The van der Waals surface area contributed by atoms with Crippen molar-refractivity contribution in [2.45, 2.75) is 37.8 Å². The van der Waals surface area contributed by atoms with Crippen LogP contribution in [-0.4, -0.2) is 39.9 Å². The number of imidazole rings is 2. The van der Waals surface area contributed by atoms with Gasteiger partial charge in [-0.15, -0.1) is 0 Å². The molecule has 1 saturated carbocycles. The van der Waals surface area contributed by atoms with Crippen molar-refractivity contribution in [3.05, 3.63) is 45.2 Å². The number of fused-ring (bicyclic) bond motifs is 2.